The third-order valence-corrected chi connectivity index (χ3v) is 8.67. The maximum absolute atomic E-state index is 14.7. The summed E-state index contributed by atoms with van der Waals surface area (Å²) in [4.78, 5) is 30.9. The van der Waals surface area contributed by atoms with Crippen LogP contribution < -0.4 is 5.32 Å². The summed E-state index contributed by atoms with van der Waals surface area (Å²) >= 11 is 0. The highest BCUT2D eigenvalue weighted by Crippen LogP contribution is 2.40. The number of rotatable bonds is 5. The first-order valence-electron chi connectivity index (χ1n) is 14.5. The first-order chi connectivity index (χ1) is 19.5. The van der Waals surface area contributed by atoms with Crippen LogP contribution >= 0.6 is 0 Å². The van der Waals surface area contributed by atoms with E-state index < -0.39 is 5.54 Å². The van der Waals surface area contributed by atoms with Crippen LogP contribution in [-0.2, 0) is 23.4 Å². The molecule has 2 heterocycles. The summed E-state index contributed by atoms with van der Waals surface area (Å²) in [5.41, 5.74) is 2.66. The van der Waals surface area contributed by atoms with Gasteiger partial charge in [0.2, 0.25) is 0 Å². The van der Waals surface area contributed by atoms with Gasteiger partial charge in [-0.05, 0) is 60.7 Å². The van der Waals surface area contributed by atoms with E-state index in [1.165, 1.54) is 31.4 Å². The molecule has 0 unspecified atom stereocenters. The van der Waals surface area contributed by atoms with Gasteiger partial charge in [0.05, 0.1) is 6.54 Å². The van der Waals surface area contributed by atoms with E-state index in [4.69, 9.17) is 0 Å². The summed E-state index contributed by atoms with van der Waals surface area (Å²) in [7, 11) is 0. The van der Waals surface area contributed by atoms with Crippen molar-refractivity contribution < 1.29 is 14.0 Å². The van der Waals surface area contributed by atoms with E-state index >= 15 is 0 Å². The van der Waals surface area contributed by atoms with Crippen LogP contribution in [0.3, 0.4) is 0 Å². The number of aromatic nitrogens is 1. The van der Waals surface area contributed by atoms with Gasteiger partial charge in [0, 0.05) is 23.5 Å². The molecule has 1 fully saturated rings. The van der Waals surface area contributed by atoms with Gasteiger partial charge in [-0.2, -0.15) is 0 Å². The molecule has 1 aromatic heterocycles. The zero-order valence-corrected chi connectivity index (χ0v) is 23.0. The molecule has 2 amide bonds. The highest BCUT2D eigenvalue weighted by molar-refractivity contribution is 6.04. The minimum Gasteiger partial charge on any atom is -0.351 e. The molecule has 40 heavy (non-hydrogen) atoms. The fourth-order valence-electron chi connectivity index (χ4n) is 6.55. The van der Waals surface area contributed by atoms with Gasteiger partial charge in [0.1, 0.15) is 11.5 Å². The van der Waals surface area contributed by atoms with Crippen molar-refractivity contribution in [2.75, 3.05) is 0 Å². The molecular weight excluding hydrogens is 501 g/mol. The summed E-state index contributed by atoms with van der Waals surface area (Å²) in [6.07, 6.45) is 7.64. The lowest BCUT2D eigenvalue weighted by Crippen LogP contribution is -2.64. The highest BCUT2D eigenvalue weighted by atomic mass is 19.1. The molecule has 6 rings (SSSR count). The van der Waals surface area contributed by atoms with Crippen LogP contribution in [0.15, 0.2) is 78.9 Å². The van der Waals surface area contributed by atoms with Gasteiger partial charge in [-0.3, -0.25) is 9.59 Å². The topological polar surface area (TPSA) is 54.3 Å². The molecule has 1 atom stereocenters. The Morgan fingerprint density at radius 2 is 1.68 bits per heavy atom. The van der Waals surface area contributed by atoms with E-state index in [2.05, 4.69) is 11.4 Å². The van der Waals surface area contributed by atoms with Crippen molar-refractivity contribution in [3.63, 3.8) is 0 Å². The second-order valence-corrected chi connectivity index (χ2v) is 11.4. The highest BCUT2D eigenvalue weighted by Gasteiger charge is 2.52. The van der Waals surface area contributed by atoms with Gasteiger partial charge in [0.25, 0.3) is 11.8 Å². The monoisotopic (exact) mass is 537 g/mol. The molecule has 0 radical (unpaired) electrons. The maximum Gasteiger partial charge on any atom is 0.272 e. The number of halogens is 1. The second-order valence-electron chi connectivity index (χ2n) is 11.4. The zero-order valence-electron chi connectivity index (χ0n) is 23.0. The molecule has 6 heteroatoms. The Morgan fingerprint density at radius 1 is 0.925 bits per heavy atom. The Kier molecular flexibility index (Phi) is 7.18. The fraction of sp³-hybridized carbons (Fsp3) is 0.353. The largest absolute Gasteiger partial charge is 0.351 e. The van der Waals surface area contributed by atoms with Gasteiger partial charge in [-0.25, -0.2) is 4.39 Å². The Hall–Kier alpha value is -3.93. The van der Waals surface area contributed by atoms with Crippen molar-refractivity contribution >= 4 is 22.7 Å². The van der Waals surface area contributed by atoms with Gasteiger partial charge in [0.15, 0.2) is 5.54 Å². The van der Waals surface area contributed by atoms with Crippen molar-refractivity contribution in [2.24, 2.45) is 0 Å². The lowest BCUT2D eigenvalue weighted by Gasteiger charge is -2.47. The molecule has 5 nitrogen and oxygen atoms in total. The SMILES string of the molecule is Cc1ccc2cc3n(c2c1)C[C@](C(=O)NC1CCCCCCC1)(c1ccccc1)N(Cc1cccc(F)c1)C3=O. The Labute approximate surface area is 235 Å². The number of amides is 2. The van der Waals surface area contributed by atoms with Crippen LogP contribution in [0.1, 0.15) is 72.1 Å². The number of hydrogen-bond acceptors (Lipinski definition) is 2. The third-order valence-electron chi connectivity index (χ3n) is 8.67. The van der Waals surface area contributed by atoms with E-state index in [1.54, 1.807) is 11.0 Å². The van der Waals surface area contributed by atoms with E-state index in [-0.39, 0.29) is 36.8 Å². The van der Waals surface area contributed by atoms with Crippen LogP contribution in [-0.4, -0.2) is 27.3 Å². The molecule has 4 aromatic rings. The van der Waals surface area contributed by atoms with E-state index in [9.17, 15) is 14.0 Å². The fourth-order valence-corrected chi connectivity index (χ4v) is 6.55. The van der Waals surface area contributed by atoms with Gasteiger partial charge in [-0.1, -0.05) is 86.7 Å². The van der Waals surface area contributed by atoms with E-state index in [1.807, 2.05) is 66.1 Å². The molecule has 2 aliphatic rings. The number of aryl methyl sites for hydroxylation is 1. The summed E-state index contributed by atoms with van der Waals surface area (Å²) in [5, 5.41) is 4.37. The summed E-state index contributed by atoms with van der Waals surface area (Å²) in [5.74, 6) is -0.772. The molecule has 0 bridgehead atoms. The molecule has 1 aliphatic carbocycles. The predicted octanol–water partition coefficient (Wildman–Crippen LogP) is 6.87. The lowest BCUT2D eigenvalue weighted by molar-refractivity contribution is -0.136. The first-order valence-corrected chi connectivity index (χ1v) is 14.5. The number of fused-ring (bicyclic) bond motifs is 3. The predicted molar refractivity (Wildman–Crippen MR) is 155 cm³/mol. The van der Waals surface area contributed by atoms with Gasteiger partial charge < -0.3 is 14.8 Å². The molecule has 1 saturated carbocycles. The summed E-state index contributed by atoms with van der Waals surface area (Å²) in [6, 6.07) is 24.0. The summed E-state index contributed by atoms with van der Waals surface area (Å²) < 4.78 is 16.3. The minimum atomic E-state index is -1.31. The number of hydrogen-bond donors (Lipinski definition) is 1. The van der Waals surface area contributed by atoms with Crippen LogP contribution in [0.4, 0.5) is 4.39 Å². The number of nitrogens with zero attached hydrogens (tertiary/aromatic N) is 2. The zero-order chi connectivity index (χ0) is 27.7. The average Bonchev–Trinajstić information content (AvgIpc) is 3.29. The van der Waals surface area contributed by atoms with Crippen molar-refractivity contribution in [1.82, 2.24) is 14.8 Å². The molecule has 1 N–H and O–H groups in total. The number of benzene rings is 3. The summed E-state index contributed by atoms with van der Waals surface area (Å²) in [6.45, 7) is 2.43. The molecule has 1 aliphatic heterocycles. The minimum absolute atomic E-state index is 0.0598. The van der Waals surface area contributed by atoms with Crippen molar-refractivity contribution in [3.05, 3.63) is 107 Å². The van der Waals surface area contributed by atoms with Crippen LogP contribution in [0.2, 0.25) is 0 Å². The lowest BCUT2D eigenvalue weighted by atomic mass is 9.83. The van der Waals surface area contributed by atoms with Crippen LogP contribution in [0, 0.1) is 12.7 Å². The van der Waals surface area contributed by atoms with Gasteiger partial charge in [-0.15, -0.1) is 0 Å². The number of carbonyl (C=O) groups excluding carboxylic acids is 2. The average molecular weight is 538 g/mol. The van der Waals surface area contributed by atoms with Crippen LogP contribution in [0.5, 0.6) is 0 Å². The smallest absolute Gasteiger partial charge is 0.272 e. The third kappa shape index (κ3) is 4.80. The standard InChI is InChI=1S/C34H36FN3O2/c1-24-17-18-26-21-31-32(39)38(22-25-11-10-14-28(35)20-25)34(23-37(31)30(26)19-24,27-12-6-5-7-13-27)33(40)36-29-15-8-3-2-4-9-16-29/h5-7,10-14,17-21,29H,2-4,8-9,15-16,22-23H2,1H3,(H,36,40)/t34-/m1/s1. The van der Waals surface area contributed by atoms with Gasteiger partial charge >= 0.3 is 0 Å². The Morgan fingerprint density at radius 3 is 2.42 bits per heavy atom. The molecule has 206 valence electrons. The normalized spacial score (nSPS) is 20.1. The van der Waals surface area contributed by atoms with Crippen molar-refractivity contribution in [3.8, 4) is 0 Å². The van der Waals surface area contributed by atoms with Crippen molar-refractivity contribution in [2.45, 2.75) is 76.5 Å². The Bertz CT molecular complexity index is 1540. The Balaban J connectivity index is 1.52. The number of carbonyl (C=O) groups is 2. The molecule has 0 saturated heterocycles. The molecular formula is C34H36FN3O2. The molecule has 0 spiro atoms. The number of nitrogens with one attached hydrogen (secondary N) is 1. The van der Waals surface area contributed by atoms with E-state index in [0.29, 0.717) is 11.3 Å². The second kappa shape index (κ2) is 10.9. The van der Waals surface area contributed by atoms with Crippen LogP contribution in [0.25, 0.3) is 10.9 Å². The maximum atomic E-state index is 14.7. The van der Waals surface area contributed by atoms with E-state index in [0.717, 1.165) is 47.7 Å². The quantitative estimate of drug-likeness (QED) is 0.302. The van der Waals surface area contributed by atoms with Crippen molar-refractivity contribution in [1.29, 1.82) is 0 Å². The first kappa shape index (κ1) is 26.3. The molecule has 3 aromatic carbocycles.